The second-order valence-corrected chi connectivity index (χ2v) is 6.00. The van der Waals surface area contributed by atoms with E-state index in [-0.39, 0.29) is 11.9 Å². The molecule has 2 heteroatoms. The number of carbonyl (C=O) groups is 1. The zero-order valence-electron chi connectivity index (χ0n) is 13.8. The van der Waals surface area contributed by atoms with Crippen LogP contribution in [0.5, 0.6) is 0 Å². The van der Waals surface area contributed by atoms with Crippen LogP contribution in [0, 0.1) is 6.92 Å². The molecule has 0 saturated heterocycles. The van der Waals surface area contributed by atoms with E-state index in [2.05, 4.69) is 32.9 Å². The van der Waals surface area contributed by atoms with Crippen LogP contribution < -0.4 is 0 Å². The summed E-state index contributed by atoms with van der Waals surface area (Å²) in [7, 11) is 0. The summed E-state index contributed by atoms with van der Waals surface area (Å²) >= 11 is 0. The Kier molecular flexibility index (Phi) is 5.02. The highest BCUT2D eigenvalue weighted by molar-refractivity contribution is 5.89. The maximum absolute atomic E-state index is 12.4. The Labute approximate surface area is 133 Å². The monoisotopic (exact) mass is 296 g/mol. The van der Waals surface area contributed by atoms with Gasteiger partial charge in [0, 0.05) is 5.92 Å². The van der Waals surface area contributed by atoms with Gasteiger partial charge in [0.15, 0.2) is 0 Å². The third-order valence-electron chi connectivity index (χ3n) is 4.61. The van der Waals surface area contributed by atoms with Crippen LogP contribution in [-0.4, -0.2) is 11.6 Å². The van der Waals surface area contributed by atoms with Crippen LogP contribution >= 0.6 is 0 Å². The van der Waals surface area contributed by atoms with Crippen molar-refractivity contribution in [2.45, 2.75) is 45.6 Å². The zero-order valence-corrected chi connectivity index (χ0v) is 13.8. The van der Waals surface area contributed by atoms with Crippen LogP contribution in [0.3, 0.4) is 0 Å². The summed E-state index contributed by atoms with van der Waals surface area (Å²) in [6.45, 7) is 8.31. The molecule has 0 saturated carbocycles. The number of aryl methyl sites for hydroxylation is 1. The molecule has 2 aromatic rings. The molecule has 22 heavy (non-hydrogen) atoms. The summed E-state index contributed by atoms with van der Waals surface area (Å²) in [6.07, 6.45) is 0.765. The summed E-state index contributed by atoms with van der Waals surface area (Å²) in [4.78, 5) is 12.4. The zero-order chi connectivity index (χ0) is 16.2. The van der Waals surface area contributed by atoms with E-state index in [0.29, 0.717) is 5.56 Å². The first-order chi connectivity index (χ1) is 10.5. The number of esters is 1. The Bertz CT molecular complexity index is 633. The summed E-state index contributed by atoms with van der Waals surface area (Å²) in [5, 5.41) is 0. The van der Waals surface area contributed by atoms with Crippen LogP contribution in [0.1, 0.15) is 54.6 Å². The van der Waals surface area contributed by atoms with Crippen LogP contribution in [-0.2, 0) is 4.74 Å². The first-order valence-electron chi connectivity index (χ1n) is 7.82. The van der Waals surface area contributed by atoms with Gasteiger partial charge >= 0.3 is 5.97 Å². The summed E-state index contributed by atoms with van der Waals surface area (Å²) < 4.78 is 5.91. The lowest BCUT2D eigenvalue weighted by molar-refractivity contribution is -0.0227. The van der Waals surface area contributed by atoms with E-state index >= 15 is 0 Å². The van der Waals surface area contributed by atoms with Gasteiger partial charge in [-0.2, -0.15) is 0 Å². The number of ether oxygens (including phenoxy) is 1. The van der Waals surface area contributed by atoms with E-state index < -0.39 is 5.60 Å². The van der Waals surface area contributed by atoms with Gasteiger partial charge in [0.1, 0.15) is 5.60 Å². The highest BCUT2D eigenvalue weighted by Crippen LogP contribution is 2.36. The fourth-order valence-corrected chi connectivity index (χ4v) is 2.71. The van der Waals surface area contributed by atoms with E-state index in [1.807, 2.05) is 37.3 Å². The maximum Gasteiger partial charge on any atom is 0.338 e. The van der Waals surface area contributed by atoms with Crippen molar-refractivity contribution >= 4 is 5.97 Å². The molecule has 0 aliphatic carbocycles. The molecule has 0 aromatic heterocycles. The molecular formula is C20H24O2. The SMILES string of the molecule is CCC(C)(OC(=O)c1ccccc1)C(C)c1ccccc1C. The molecule has 2 unspecified atom stereocenters. The van der Waals surface area contributed by atoms with Gasteiger partial charge in [0.2, 0.25) is 0 Å². The number of benzene rings is 2. The highest BCUT2D eigenvalue weighted by atomic mass is 16.6. The largest absolute Gasteiger partial charge is 0.455 e. The van der Waals surface area contributed by atoms with E-state index in [1.54, 1.807) is 12.1 Å². The molecule has 2 nitrogen and oxygen atoms in total. The topological polar surface area (TPSA) is 26.3 Å². The molecule has 0 aliphatic heterocycles. The third kappa shape index (κ3) is 3.38. The molecule has 2 rings (SSSR count). The highest BCUT2D eigenvalue weighted by Gasteiger charge is 2.35. The van der Waals surface area contributed by atoms with E-state index in [9.17, 15) is 4.79 Å². The standard InChI is InChI=1S/C20H24O2/c1-5-20(4,16(3)18-14-10-9-11-15(18)2)22-19(21)17-12-7-6-8-13-17/h6-14,16H,5H2,1-4H3. The molecule has 2 atom stereocenters. The Balaban J connectivity index is 2.25. The molecule has 0 aliphatic rings. The molecule has 2 aromatic carbocycles. The van der Waals surface area contributed by atoms with Gasteiger partial charge in [-0.15, -0.1) is 0 Å². The van der Waals surface area contributed by atoms with Crippen molar-refractivity contribution in [3.63, 3.8) is 0 Å². The normalized spacial score (nSPS) is 14.9. The Morgan fingerprint density at radius 3 is 2.27 bits per heavy atom. The molecular weight excluding hydrogens is 272 g/mol. The number of carbonyl (C=O) groups excluding carboxylic acids is 1. The smallest absolute Gasteiger partial charge is 0.338 e. The predicted octanol–water partition coefficient (Wildman–Crippen LogP) is 5.12. The summed E-state index contributed by atoms with van der Waals surface area (Å²) in [5.74, 6) is -0.128. The molecule has 116 valence electrons. The second kappa shape index (κ2) is 6.78. The Morgan fingerprint density at radius 1 is 1.09 bits per heavy atom. The van der Waals surface area contributed by atoms with Crippen molar-refractivity contribution in [3.8, 4) is 0 Å². The Morgan fingerprint density at radius 2 is 1.68 bits per heavy atom. The molecule has 0 amide bonds. The number of hydrogen-bond acceptors (Lipinski definition) is 2. The van der Waals surface area contributed by atoms with Crippen molar-refractivity contribution in [2.24, 2.45) is 0 Å². The maximum atomic E-state index is 12.4. The molecule has 0 spiro atoms. The summed E-state index contributed by atoms with van der Waals surface area (Å²) in [5.41, 5.74) is 2.52. The molecule has 0 bridgehead atoms. The van der Waals surface area contributed by atoms with Crippen LogP contribution in [0.15, 0.2) is 54.6 Å². The van der Waals surface area contributed by atoms with Crippen LogP contribution in [0.25, 0.3) is 0 Å². The fourth-order valence-electron chi connectivity index (χ4n) is 2.71. The van der Waals surface area contributed by atoms with Gasteiger partial charge in [-0.05, 0) is 43.5 Å². The lowest BCUT2D eigenvalue weighted by Gasteiger charge is -2.35. The van der Waals surface area contributed by atoms with E-state index in [4.69, 9.17) is 4.74 Å². The lowest BCUT2D eigenvalue weighted by atomic mass is 9.81. The minimum atomic E-state index is -0.529. The Hall–Kier alpha value is -2.09. The van der Waals surface area contributed by atoms with Crippen molar-refractivity contribution in [1.82, 2.24) is 0 Å². The molecule has 0 heterocycles. The van der Waals surface area contributed by atoms with Crippen molar-refractivity contribution in [3.05, 3.63) is 71.3 Å². The average Bonchev–Trinajstić information content (AvgIpc) is 2.55. The van der Waals surface area contributed by atoms with Crippen molar-refractivity contribution < 1.29 is 9.53 Å². The molecule has 0 fully saturated rings. The van der Waals surface area contributed by atoms with E-state index in [0.717, 1.165) is 6.42 Å². The fraction of sp³-hybridized carbons (Fsp3) is 0.350. The first-order valence-corrected chi connectivity index (χ1v) is 7.82. The van der Waals surface area contributed by atoms with Gasteiger partial charge in [-0.1, -0.05) is 56.3 Å². The average molecular weight is 296 g/mol. The number of rotatable bonds is 5. The van der Waals surface area contributed by atoms with Gasteiger partial charge in [-0.25, -0.2) is 4.79 Å². The number of hydrogen-bond donors (Lipinski definition) is 0. The van der Waals surface area contributed by atoms with Gasteiger partial charge in [-0.3, -0.25) is 0 Å². The second-order valence-electron chi connectivity index (χ2n) is 6.00. The molecule has 0 radical (unpaired) electrons. The van der Waals surface area contributed by atoms with E-state index in [1.165, 1.54) is 11.1 Å². The molecule has 0 N–H and O–H groups in total. The summed E-state index contributed by atoms with van der Waals surface area (Å²) in [6, 6.07) is 17.5. The minimum absolute atomic E-state index is 0.131. The van der Waals surface area contributed by atoms with Crippen LogP contribution in [0.2, 0.25) is 0 Å². The van der Waals surface area contributed by atoms with Gasteiger partial charge < -0.3 is 4.74 Å². The minimum Gasteiger partial charge on any atom is -0.455 e. The van der Waals surface area contributed by atoms with Crippen molar-refractivity contribution in [2.75, 3.05) is 0 Å². The quantitative estimate of drug-likeness (QED) is 0.715. The van der Waals surface area contributed by atoms with Crippen LogP contribution in [0.4, 0.5) is 0 Å². The van der Waals surface area contributed by atoms with Gasteiger partial charge in [0.25, 0.3) is 0 Å². The van der Waals surface area contributed by atoms with Crippen molar-refractivity contribution in [1.29, 1.82) is 0 Å². The first kappa shape index (κ1) is 16.3. The predicted molar refractivity (Wildman–Crippen MR) is 90.1 cm³/mol. The lowest BCUT2D eigenvalue weighted by Crippen LogP contribution is -2.37. The van der Waals surface area contributed by atoms with Gasteiger partial charge in [0.05, 0.1) is 5.56 Å². The third-order valence-corrected chi connectivity index (χ3v) is 4.61.